The van der Waals surface area contributed by atoms with Gasteiger partial charge in [-0.05, 0) is 19.9 Å². The van der Waals surface area contributed by atoms with E-state index in [2.05, 4.69) is 15.5 Å². The highest BCUT2D eigenvalue weighted by Crippen LogP contribution is 2.16. The molecular formula is C9H15N3O2. The van der Waals surface area contributed by atoms with Crippen molar-refractivity contribution in [2.45, 2.75) is 31.9 Å². The van der Waals surface area contributed by atoms with Gasteiger partial charge in [0.1, 0.15) is 0 Å². The fourth-order valence-electron chi connectivity index (χ4n) is 1.59. The van der Waals surface area contributed by atoms with Crippen LogP contribution in [0.3, 0.4) is 0 Å². The van der Waals surface area contributed by atoms with E-state index >= 15 is 0 Å². The molecule has 1 aromatic heterocycles. The molecule has 78 valence electrons. The van der Waals surface area contributed by atoms with E-state index in [4.69, 9.17) is 9.15 Å². The Hall–Kier alpha value is -0.940. The van der Waals surface area contributed by atoms with Crippen molar-refractivity contribution in [3.63, 3.8) is 0 Å². The van der Waals surface area contributed by atoms with Gasteiger partial charge in [0.2, 0.25) is 11.8 Å². The van der Waals surface area contributed by atoms with E-state index < -0.39 is 0 Å². The fourth-order valence-corrected chi connectivity index (χ4v) is 1.59. The summed E-state index contributed by atoms with van der Waals surface area (Å²) in [5, 5.41) is 10.8. The molecule has 2 heterocycles. The Balaban J connectivity index is 1.88. The average Bonchev–Trinajstić information content (AvgIpc) is 2.79. The lowest BCUT2D eigenvalue weighted by Crippen LogP contribution is -2.08. The third-order valence-electron chi connectivity index (χ3n) is 2.26. The maximum absolute atomic E-state index is 5.48. The summed E-state index contributed by atoms with van der Waals surface area (Å²) in [4.78, 5) is 0. The normalized spacial score (nSPS) is 21.6. The Morgan fingerprint density at radius 1 is 1.43 bits per heavy atom. The Morgan fingerprint density at radius 3 is 3.00 bits per heavy atom. The van der Waals surface area contributed by atoms with Crippen LogP contribution in [0.15, 0.2) is 4.42 Å². The van der Waals surface area contributed by atoms with Gasteiger partial charge in [0, 0.05) is 6.61 Å². The SMILES string of the molecule is CNCc1nnc(CC2CCCO2)o1. The van der Waals surface area contributed by atoms with Crippen molar-refractivity contribution in [1.82, 2.24) is 15.5 Å². The van der Waals surface area contributed by atoms with Crippen molar-refractivity contribution >= 4 is 0 Å². The predicted octanol–water partition coefficient (Wildman–Crippen LogP) is 0.510. The van der Waals surface area contributed by atoms with E-state index in [-0.39, 0.29) is 6.10 Å². The maximum atomic E-state index is 5.48. The van der Waals surface area contributed by atoms with Gasteiger partial charge in [-0.15, -0.1) is 10.2 Å². The summed E-state index contributed by atoms with van der Waals surface area (Å²) in [5.74, 6) is 1.32. The minimum Gasteiger partial charge on any atom is -0.424 e. The molecule has 0 bridgehead atoms. The molecule has 1 atom stereocenters. The summed E-state index contributed by atoms with van der Waals surface area (Å²) in [6.45, 7) is 1.49. The smallest absolute Gasteiger partial charge is 0.230 e. The zero-order chi connectivity index (χ0) is 9.80. The van der Waals surface area contributed by atoms with Crippen LogP contribution in [0.25, 0.3) is 0 Å². The van der Waals surface area contributed by atoms with E-state index in [1.807, 2.05) is 7.05 Å². The fraction of sp³-hybridized carbons (Fsp3) is 0.778. The number of nitrogens with one attached hydrogen (secondary N) is 1. The Kier molecular flexibility index (Phi) is 3.10. The molecule has 0 saturated carbocycles. The first-order valence-electron chi connectivity index (χ1n) is 4.96. The van der Waals surface area contributed by atoms with Crippen LogP contribution in [0.1, 0.15) is 24.6 Å². The van der Waals surface area contributed by atoms with E-state index in [0.717, 1.165) is 25.9 Å². The second-order valence-corrected chi connectivity index (χ2v) is 3.46. The Labute approximate surface area is 82.8 Å². The number of nitrogens with zero attached hydrogens (tertiary/aromatic N) is 2. The zero-order valence-corrected chi connectivity index (χ0v) is 8.32. The molecule has 0 spiro atoms. The molecule has 1 fully saturated rings. The van der Waals surface area contributed by atoms with Crippen LogP contribution in [0.5, 0.6) is 0 Å². The average molecular weight is 197 g/mol. The van der Waals surface area contributed by atoms with Gasteiger partial charge in [0.25, 0.3) is 0 Å². The van der Waals surface area contributed by atoms with Gasteiger partial charge < -0.3 is 14.5 Å². The standard InChI is InChI=1S/C9H15N3O2/c1-10-6-9-12-11-8(14-9)5-7-3-2-4-13-7/h7,10H,2-6H2,1H3. The Bertz CT molecular complexity index is 281. The zero-order valence-electron chi connectivity index (χ0n) is 8.32. The molecule has 1 N–H and O–H groups in total. The lowest BCUT2D eigenvalue weighted by Gasteiger charge is -2.03. The van der Waals surface area contributed by atoms with Crippen LogP contribution in [0.2, 0.25) is 0 Å². The number of rotatable bonds is 4. The van der Waals surface area contributed by atoms with Gasteiger partial charge in [0.15, 0.2) is 0 Å². The lowest BCUT2D eigenvalue weighted by molar-refractivity contribution is 0.105. The van der Waals surface area contributed by atoms with Crippen LogP contribution in [-0.2, 0) is 17.7 Å². The lowest BCUT2D eigenvalue weighted by atomic mass is 10.2. The van der Waals surface area contributed by atoms with Crippen LogP contribution in [0.4, 0.5) is 0 Å². The summed E-state index contributed by atoms with van der Waals surface area (Å²) in [6, 6.07) is 0. The van der Waals surface area contributed by atoms with Crippen molar-refractivity contribution in [3.8, 4) is 0 Å². The summed E-state index contributed by atoms with van der Waals surface area (Å²) < 4.78 is 10.9. The second kappa shape index (κ2) is 4.52. The van der Waals surface area contributed by atoms with E-state index in [1.165, 1.54) is 0 Å². The highest BCUT2D eigenvalue weighted by molar-refractivity contribution is 4.85. The number of hydrogen-bond donors (Lipinski definition) is 1. The van der Waals surface area contributed by atoms with Crippen molar-refractivity contribution in [3.05, 3.63) is 11.8 Å². The summed E-state index contributed by atoms with van der Waals surface area (Å²) >= 11 is 0. The van der Waals surface area contributed by atoms with Gasteiger partial charge in [-0.3, -0.25) is 0 Å². The molecule has 1 aliphatic heterocycles. The van der Waals surface area contributed by atoms with Crippen LogP contribution in [-0.4, -0.2) is 30.0 Å². The van der Waals surface area contributed by atoms with Gasteiger partial charge >= 0.3 is 0 Å². The molecule has 1 aromatic rings. The molecule has 14 heavy (non-hydrogen) atoms. The summed E-state index contributed by atoms with van der Waals surface area (Å²) in [5.41, 5.74) is 0. The molecule has 0 amide bonds. The molecule has 5 heteroatoms. The van der Waals surface area contributed by atoms with Crippen molar-refractivity contribution in [1.29, 1.82) is 0 Å². The monoisotopic (exact) mass is 197 g/mol. The van der Waals surface area contributed by atoms with E-state index in [0.29, 0.717) is 18.3 Å². The molecule has 1 saturated heterocycles. The van der Waals surface area contributed by atoms with Crippen LogP contribution < -0.4 is 5.32 Å². The van der Waals surface area contributed by atoms with Gasteiger partial charge in [-0.1, -0.05) is 0 Å². The van der Waals surface area contributed by atoms with Gasteiger partial charge in [0.05, 0.1) is 19.1 Å². The summed E-state index contributed by atoms with van der Waals surface area (Å²) in [6.07, 6.45) is 3.26. The molecule has 2 rings (SSSR count). The molecule has 0 aliphatic carbocycles. The van der Waals surface area contributed by atoms with Crippen LogP contribution >= 0.6 is 0 Å². The van der Waals surface area contributed by atoms with Gasteiger partial charge in [-0.25, -0.2) is 0 Å². The van der Waals surface area contributed by atoms with Crippen LogP contribution in [0, 0.1) is 0 Å². The second-order valence-electron chi connectivity index (χ2n) is 3.46. The third kappa shape index (κ3) is 2.30. The maximum Gasteiger partial charge on any atom is 0.230 e. The number of aromatic nitrogens is 2. The molecule has 5 nitrogen and oxygen atoms in total. The molecule has 1 unspecified atom stereocenters. The Morgan fingerprint density at radius 2 is 2.29 bits per heavy atom. The van der Waals surface area contributed by atoms with E-state index in [9.17, 15) is 0 Å². The van der Waals surface area contributed by atoms with Crippen molar-refractivity contribution < 1.29 is 9.15 Å². The first kappa shape index (κ1) is 9.61. The van der Waals surface area contributed by atoms with Crippen molar-refractivity contribution in [2.75, 3.05) is 13.7 Å². The summed E-state index contributed by atoms with van der Waals surface area (Å²) in [7, 11) is 1.85. The van der Waals surface area contributed by atoms with Gasteiger partial charge in [-0.2, -0.15) is 0 Å². The number of hydrogen-bond acceptors (Lipinski definition) is 5. The molecule has 1 aliphatic rings. The van der Waals surface area contributed by atoms with E-state index in [1.54, 1.807) is 0 Å². The molecule has 0 aromatic carbocycles. The highest BCUT2D eigenvalue weighted by atomic mass is 16.5. The minimum absolute atomic E-state index is 0.276. The topological polar surface area (TPSA) is 60.2 Å². The quantitative estimate of drug-likeness (QED) is 0.762. The highest BCUT2D eigenvalue weighted by Gasteiger charge is 2.18. The first-order valence-corrected chi connectivity index (χ1v) is 4.96. The molecule has 0 radical (unpaired) electrons. The molecular weight excluding hydrogens is 182 g/mol. The number of ether oxygens (including phenoxy) is 1. The largest absolute Gasteiger partial charge is 0.424 e. The van der Waals surface area contributed by atoms with Crippen molar-refractivity contribution in [2.24, 2.45) is 0 Å². The minimum atomic E-state index is 0.276. The first-order chi connectivity index (χ1) is 6.88. The predicted molar refractivity (Wildman–Crippen MR) is 49.7 cm³/mol. The third-order valence-corrected chi connectivity index (χ3v) is 2.26.